The van der Waals surface area contributed by atoms with Crippen LogP contribution in [0, 0.1) is 0 Å². The normalized spacial score (nSPS) is 11.0. The van der Waals surface area contributed by atoms with Crippen LogP contribution in [0.2, 0.25) is 0 Å². The Bertz CT molecular complexity index is 1510. The highest BCUT2D eigenvalue weighted by Crippen LogP contribution is 2.24. The van der Waals surface area contributed by atoms with Gasteiger partial charge in [-0.1, -0.05) is 48.5 Å². The summed E-state index contributed by atoms with van der Waals surface area (Å²) in [6, 6.07) is 25.6. The van der Waals surface area contributed by atoms with Crippen molar-refractivity contribution in [1.82, 2.24) is 15.1 Å². The number of carbonyl (C=O) groups is 3. The van der Waals surface area contributed by atoms with Gasteiger partial charge >= 0.3 is 6.09 Å². The van der Waals surface area contributed by atoms with E-state index in [4.69, 9.17) is 4.74 Å². The average molecular weight is 554 g/mol. The van der Waals surface area contributed by atoms with E-state index in [1.54, 1.807) is 29.9 Å². The van der Waals surface area contributed by atoms with E-state index in [1.807, 2.05) is 87.5 Å². The number of aromatic nitrogens is 2. The SMILES string of the molecule is Cn1nc(-c2ccc(NC(=O)c3ccccc3CCCNC(=O)OC(C)(C)C)cc2)cc1NC(=O)c1ccccc1. The van der Waals surface area contributed by atoms with Crippen LogP contribution in [0.3, 0.4) is 0 Å². The van der Waals surface area contributed by atoms with Gasteiger partial charge < -0.3 is 20.7 Å². The highest BCUT2D eigenvalue weighted by Gasteiger charge is 2.16. The zero-order valence-corrected chi connectivity index (χ0v) is 23.7. The molecule has 0 bridgehead atoms. The van der Waals surface area contributed by atoms with Crippen LogP contribution in [0.15, 0.2) is 84.9 Å². The average Bonchev–Trinajstić information content (AvgIpc) is 3.31. The summed E-state index contributed by atoms with van der Waals surface area (Å²) < 4.78 is 6.87. The Morgan fingerprint density at radius 1 is 0.854 bits per heavy atom. The highest BCUT2D eigenvalue weighted by atomic mass is 16.6. The van der Waals surface area contributed by atoms with Crippen molar-refractivity contribution < 1.29 is 19.1 Å². The van der Waals surface area contributed by atoms with Crippen LogP contribution < -0.4 is 16.0 Å². The number of hydrogen-bond donors (Lipinski definition) is 3. The van der Waals surface area contributed by atoms with Crippen LogP contribution in [0.5, 0.6) is 0 Å². The van der Waals surface area contributed by atoms with Crippen LogP contribution in [0.25, 0.3) is 11.3 Å². The lowest BCUT2D eigenvalue weighted by molar-refractivity contribution is 0.0527. The van der Waals surface area contributed by atoms with Crippen molar-refractivity contribution in [2.45, 2.75) is 39.2 Å². The number of nitrogens with one attached hydrogen (secondary N) is 3. The first kappa shape index (κ1) is 29.1. The van der Waals surface area contributed by atoms with Crippen molar-refractivity contribution in [2.24, 2.45) is 7.05 Å². The Morgan fingerprint density at radius 3 is 2.24 bits per heavy atom. The van der Waals surface area contributed by atoms with Gasteiger partial charge in [0.25, 0.3) is 11.8 Å². The molecule has 0 unspecified atom stereocenters. The zero-order chi connectivity index (χ0) is 29.4. The number of anilines is 2. The molecule has 212 valence electrons. The Hall–Kier alpha value is -4.92. The van der Waals surface area contributed by atoms with E-state index in [2.05, 4.69) is 21.0 Å². The van der Waals surface area contributed by atoms with E-state index in [9.17, 15) is 14.4 Å². The largest absolute Gasteiger partial charge is 0.444 e. The minimum Gasteiger partial charge on any atom is -0.444 e. The lowest BCUT2D eigenvalue weighted by Crippen LogP contribution is -2.33. The molecular weight excluding hydrogens is 518 g/mol. The molecule has 0 aliphatic heterocycles. The third-order valence-electron chi connectivity index (χ3n) is 6.15. The van der Waals surface area contributed by atoms with Gasteiger partial charge in [0.2, 0.25) is 0 Å². The molecule has 0 radical (unpaired) electrons. The van der Waals surface area contributed by atoms with Gasteiger partial charge in [-0.2, -0.15) is 5.10 Å². The van der Waals surface area contributed by atoms with Gasteiger partial charge in [-0.25, -0.2) is 4.79 Å². The Morgan fingerprint density at radius 2 is 1.54 bits per heavy atom. The zero-order valence-electron chi connectivity index (χ0n) is 23.7. The number of nitrogens with zero attached hydrogens (tertiary/aromatic N) is 2. The van der Waals surface area contributed by atoms with Crippen molar-refractivity contribution in [3.8, 4) is 11.3 Å². The molecule has 1 heterocycles. The van der Waals surface area contributed by atoms with Crippen LogP contribution >= 0.6 is 0 Å². The molecule has 0 aliphatic rings. The second-order valence-corrected chi connectivity index (χ2v) is 10.6. The molecule has 3 amide bonds. The van der Waals surface area contributed by atoms with Gasteiger partial charge in [0.05, 0.1) is 5.69 Å². The Labute approximate surface area is 239 Å². The lowest BCUT2D eigenvalue weighted by atomic mass is 10.0. The fourth-order valence-corrected chi connectivity index (χ4v) is 4.17. The summed E-state index contributed by atoms with van der Waals surface area (Å²) in [4.78, 5) is 37.5. The summed E-state index contributed by atoms with van der Waals surface area (Å²) in [7, 11) is 1.77. The molecule has 4 aromatic rings. The van der Waals surface area contributed by atoms with Gasteiger partial charge in [0, 0.05) is 42.0 Å². The van der Waals surface area contributed by atoms with Crippen LogP contribution in [-0.4, -0.2) is 39.8 Å². The molecule has 3 N–H and O–H groups in total. The molecular formula is C32H35N5O4. The van der Waals surface area contributed by atoms with E-state index in [0.717, 1.165) is 11.1 Å². The minimum absolute atomic E-state index is 0.210. The van der Waals surface area contributed by atoms with Crippen molar-refractivity contribution in [2.75, 3.05) is 17.2 Å². The van der Waals surface area contributed by atoms with Gasteiger partial charge in [-0.15, -0.1) is 0 Å². The molecule has 9 heteroatoms. The molecule has 3 aromatic carbocycles. The second-order valence-electron chi connectivity index (χ2n) is 10.6. The van der Waals surface area contributed by atoms with Crippen LogP contribution in [-0.2, 0) is 18.2 Å². The molecule has 41 heavy (non-hydrogen) atoms. The van der Waals surface area contributed by atoms with Crippen molar-refractivity contribution in [1.29, 1.82) is 0 Å². The summed E-state index contributed by atoms with van der Waals surface area (Å²) in [5.41, 5.74) is 3.68. The first-order valence-corrected chi connectivity index (χ1v) is 13.5. The predicted octanol–water partition coefficient (Wildman–Crippen LogP) is 6.05. The molecule has 9 nitrogen and oxygen atoms in total. The van der Waals surface area contributed by atoms with Crippen molar-refractivity contribution in [3.63, 3.8) is 0 Å². The van der Waals surface area contributed by atoms with Gasteiger partial charge in [0.1, 0.15) is 11.4 Å². The van der Waals surface area contributed by atoms with Crippen LogP contribution in [0.4, 0.5) is 16.3 Å². The van der Waals surface area contributed by atoms with Crippen molar-refractivity contribution in [3.05, 3.63) is 102 Å². The molecule has 0 spiro atoms. The quantitative estimate of drug-likeness (QED) is 0.218. The van der Waals surface area contributed by atoms with E-state index in [-0.39, 0.29) is 11.8 Å². The number of ether oxygens (including phenoxy) is 1. The topological polar surface area (TPSA) is 114 Å². The third kappa shape index (κ3) is 8.28. The molecule has 0 aliphatic carbocycles. The maximum absolute atomic E-state index is 13.1. The maximum Gasteiger partial charge on any atom is 0.407 e. The predicted molar refractivity (Wildman–Crippen MR) is 160 cm³/mol. The number of carbonyl (C=O) groups excluding carboxylic acids is 3. The number of benzene rings is 3. The fourth-order valence-electron chi connectivity index (χ4n) is 4.17. The Balaban J connectivity index is 1.34. The van der Waals surface area contributed by atoms with E-state index < -0.39 is 11.7 Å². The first-order chi connectivity index (χ1) is 19.6. The third-order valence-corrected chi connectivity index (χ3v) is 6.15. The molecule has 0 saturated carbocycles. The number of aryl methyl sites for hydroxylation is 2. The van der Waals surface area contributed by atoms with Crippen LogP contribution in [0.1, 0.15) is 53.5 Å². The standard InChI is InChI=1S/C32H35N5O4/c1-32(2,3)41-31(40)33-20-10-14-22-11-8-9-15-26(22)30(39)34-25-18-16-23(17-19-25)27-21-28(37(4)36-27)35-29(38)24-12-6-5-7-13-24/h5-9,11-13,15-19,21H,10,14,20H2,1-4H3,(H,33,40)(H,34,39)(H,35,38). The summed E-state index contributed by atoms with van der Waals surface area (Å²) in [5.74, 6) is 0.152. The molecule has 0 atom stereocenters. The lowest BCUT2D eigenvalue weighted by Gasteiger charge is -2.19. The second kappa shape index (κ2) is 13.0. The smallest absolute Gasteiger partial charge is 0.407 e. The maximum atomic E-state index is 13.1. The van der Waals surface area contributed by atoms with E-state index >= 15 is 0 Å². The Kier molecular flexibility index (Phi) is 9.19. The van der Waals surface area contributed by atoms with Gasteiger partial charge in [-0.05, 0) is 69.5 Å². The van der Waals surface area contributed by atoms with E-state index in [1.165, 1.54) is 0 Å². The number of rotatable bonds is 9. The summed E-state index contributed by atoms with van der Waals surface area (Å²) in [6.45, 7) is 5.90. The monoisotopic (exact) mass is 553 g/mol. The first-order valence-electron chi connectivity index (χ1n) is 13.5. The van der Waals surface area contributed by atoms with E-state index in [0.29, 0.717) is 47.7 Å². The minimum atomic E-state index is -0.548. The van der Waals surface area contributed by atoms with Gasteiger partial charge in [0.15, 0.2) is 0 Å². The highest BCUT2D eigenvalue weighted by molar-refractivity contribution is 6.05. The fraction of sp³-hybridized carbons (Fsp3) is 0.250. The molecule has 4 rings (SSSR count). The number of amides is 3. The number of hydrogen-bond acceptors (Lipinski definition) is 5. The summed E-state index contributed by atoms with van der Waals surface area (Å²) in [5, 5.41) is 13.1. The molecule has 0 saturated heterocycles. The summed E-state index contributed by atoms with van der Waals surface area (Å²) in [6.07, 6.45) is 0.836. The van der Waals surface area contributed by atoms with Gasteiger partial charge in [-0.3, -0.25) is 14.3 Å². The molecule has 0 fully saturated rings. The summed E-state index contributed by atoms with van der Waals surface area (Å²) >= 11 is 0. The van der Waals surface area contributed by atoms with Crippen molar-refractivity contribution >= 4 is 29.4 Å². The molecule has 1 aromatic heterocycles. The number of alkyl carbamates (subject to hydrolysis) is 1.